The van der Waals surface area contributed by atoms with Crippen LogP contribution in [0.3, 0.4) is 0 Å². The van der Waals surface area contributed by atoms with Gasteiger partial charge in [0, 0.05) is 13.1 Å². The number of rotatable bonds is 6. The van der Waals surface area contributed by atoms with Crippen molar-refractivity contribution in [2.75, 3.05) is 6.54 Å². The summed E-state index contributed by atoms with van der Waals surface area (Å²) in [6, 6.07) is 6.79. The van der Waals surface area contributed by atoms with Crippen molar-refractivity contribution in [3.63, 3.8) is 0 Å². The number of benzene rings is 1. The van der Waals surface area contributed by atoms with Crippen LogP contribution in [0.1, 0.15) is 23.4 Å². The van der Waals surface area contributed by atoms with Gasteiger partial charge in [-0.25, -0.2) is 13.1 Å². The van der Waals surface area contributed by atoms with Gasteiger partial charge in [-0.3, -0.25) is 4.68 Å². The highest BCUT2D eigenvalue weighted by Crippen LogP contribution is 2.19. The largest absolute Gasteiger partial charge is 0.268 e. The minimum absolute atomic E-state index is 0.284. The molecule has 0 bridgehead atoms. The van der Waals surface area contributed by atoms with Gasteiger partial charge in [-0.15, -0.1) is 0 Å². The van der Waals surface area contributed by atoms with Gasteiger partial charge in [0.05, 0.1) is 21.3 Å². The summed E-state index contributed by atoms with van der Waals surface area (Å²) < 4.78 is 28.7. The summed E-state index contributed by atoms with van der Waals surface area (Å²) in [4.78, 5) is 0.284. The number of nitrogens with one attached hydrogen (secondary N) is 1. The fourth-order valence-corrected chi connectivity index (χ4v) is 3.34. The topological polar surface area (TPSA) is 64.0 Å². The van der Waals surface area contributed by atoms with Crippen LogP contribution in [-0.2, 0) is 16.6 Å². The molecule has 0 saturated heterocycles. The standard InChI is InChI=1S/C15H20ClN3O2S/c1-11-5-7-14(8-6-11)22(20,21)17-9-4-10-19-13(3)15(16)12(2)18-19/h5-8,17H,4,9-10H2,1-3H3. The SMILES string of the molecule is Cc1ccc(S(=O)(=O)NCCCn2nc(C)c(Cl)c2C)cc1. The average molecular weight is 342 g/mol. The molecule has 1 aromatic carbocycles. The summed E-state index contributed by atoms with van der Waals surface area (Å²) >= 11 is 6.08. The fourth-order valence-electron chi connectivity index (χ4n) is 2.13. The highest BCUT2D eigenvalue weighted by Gasteiger charge is 2.13. The number of halogens is 1. The van der Waals surface area contributed by atoms with E-state index in [9.17, 15) is 8.42 Å². The molecule has 0 fully saturated rings. The number of aryl methyl sites for hydroxylation is 3. The minimum atomic E-state index is -3.45. The van der Waals surface area contributed by atoms with E-state index in [0.29, 0.717) is 24.5 Å². The van der Waals surface area contributed by atoms with E-state index in [4.69, 9.17) is 11.6 Å². The Kier molecular flexibility index (Phi) is 5.26. The van der Waals surface area contributed by atoms with Gasteiger partial charge in [0.2, 0.25) is 10.0 Å². The molecule has 22 heavy (non-hydrogen) atoms. The Bertz CT molecular complexity index is 752. The van der Waals surface area contributed by atoms with Crippen molar-refractivity contribution in [2.24, 2.45) is 0 Å². The van der Waals surface area contributed by atoms with E-state index < -0.39 is 10.0 Å². The van der Waals surface area contributed by atoms with Crippen LogP contribution in [0.4, 0.5) is 0 Å². The zero-order valence-electron chi connectivity index (χ0n) is 12.9. The Morgan fingerprint density at radius 1 is 1.18 bits per heavy atom. The molecule has 0 spiro atoms. The van der Waals surface area contributed by atoms with Crippen LogP contribution >= 0.6 is 11.6 Å². The monoisotopic (exact) mass is 341 g/mol. The first kappa shape index (κ1) is 17.0. The predicted molar refractivity (Wildman–Crippen MR) is 87.7 cm³/mol. The smallest absolute Gasteiger partial charge is 0.240 e. The molecule has 1 heterocycles. The van der Waals surface area contributed by atoms with Gasteiger partial charge >= 0.3 is 0 Å². The van der Waals surface area contributed by atoms with Crippen molar-refractivity contribution in [3.05, 3.63) is 46.2 Å². The van der Waals surface area contributed by atoms with Gasteiger partial charge in [-0.1, -0.05) is 29.3 Å². The molecule has 1 aromatic heterocycles. The molecule has 2 aromatic rings. The van der Waals surface area contributed by atoms with Gasteiger partial charge in [0.25, 0.3) is 0 Å². The molecule has 120 valence electrons. The van der Waals surface area contributed by atoms with E-state index >= 15 is 0 Å². The second kappa shape index (κ2) is 6.81. The molecule has 0 aliphatic carbocycles. The third kappa shape index (κ3) is 3.88. The van der Waals surface area contributed by atoms with Crippen molar-refractivity contribution >= 4 is 21.6 Å². The van der Waals surface area contributed by atoms with E-state index in [0.717, 1.165) is 17.0 Å². The Labute approximate surface area is 136 Å². The van der Waals surface area contributed by atoms with Crippen LogP contribution in [0.25, 0.3) is 0 Å². The van der Waals surface area contributed by atoms with E-state index in [1.807, 2.05) is 20.8 Å². The second-order valence-electron chi connectivity index (χ2n) is 5.27. The zero-order chi connectivity index (χ0) is 16.3. The molecule has 5 nitrogen and oxygen atoms in total. The molecule has 0 saturated carbocycles. The summed E-state index contributed by atoms with van der Waals surface area (Å²) in [5.74, 6) is 0. The quantitative estimate of drug-likeness (QED) is 0.822. The summed E-state index contributed by atoms with van der Waals surface area (Å²) in [5, 5.41) is 4.99. The summed E-state index contributed by atoms with van der Waals surface area (Å²) in [6.07, 6.45) is 0.642. The van der Waals surface area contributed by atoms with Crippen LogP contribution in [0, 0.1) is 20.8 Å². The predicted octanol–water partition coefficient (Wildman–Crippen LogP) is 2.83. The van der Waals surface area contributed by atoms with E-state index in [2.05, 4.69) is 9.82 Å². The maximum Gasteiger partial charge on any atom is 0.240 e. The molecule has 2 rings (SSSR count). The number of aromatic nitrogens is 2. The number of hydrogen-bond acceptors (Lipinski definition) is 3. The molecule has 0 atom stereocenters. The Hall–Kier alpha value is -1.37. The minimum Gasteiger partial charge on any atom is -0.268 e. The highest BCUT2D eigenvalue weighted by atomic mass is 35.5. The van der Waals surface area contributed by atoms with E-state index in [-0.39, 0.29) is 4.90 Å². The van der Waals surface area contributed by atoms with E-state index in [1.165, 1.54) is 0 Å². The molecule has 1 N–H and O–H groups in total. The Balaban J connectivity index is 1.90. The summed E-state index contributed by atoms with van der Waals surface area (Å²) in [7, 11) is -3.45. The first-order chi connectivity index (χ1) is 10.3. The number of hydrogen-bond donors (Lipinski definition) is 1. The average Bonchev–Trinajstić information content (AvgIpc) is 2.71. The zero-order valence-corrected chi connectivity index (χ0v) is 14.5. The maximum absolute atomic E-state index is 12.1. The van der Waals surface area contributed by atoms with Crippen molar-refractivity contribution in [1.29, 1.82) is 0 Å². The van der Waals surface area contributed by atoms with Gasteiger partial charge in [-0.05, 0) is 39.3 Å². The third-order valence-electron chi connectivity index (χ3n) is 3.46. The van der Waals surface area contributed by atoms with Crippen LogP contribution < -0.4 is 4.72 Å². The molecule has 0 amide bonds. The lowest BCUT2D eigenvalue weighted by Gasteiger charge is -2.08. The molecule has 0 radical (unpaired) electrons. The van der Waals surface area contributed by atoms with Crippen molar-refractivity contribution in [3.8, 4) is 0 Å². The highest BCUT2D eigenvalue weighted by molar-refractivity contribution is 7.89. The van der Waals surface area contributed by atoms with Crippen LogP contribution in [-0.4, -0.2) is 24.7 Å². The van der Waals surface area contributed by atoms with Crippen molar-refractivity contribution in [1.82, 2.24) is 14.5 Å². The molecular formula is C15H20ClN3O2S. The van der Waals surface area contributed by atoms with Crippen molar-refractivity contribution < 1.29 is 8.42 Å². The van der Waals surface area contributed by atoms with Gasteiger partial charge in [0.1, 0.15) is 0 Å². The number of sulfonamides is 1. The normalized spacial score (nSPS) is 11.8. The summed E-state index contributed by atoms with van der Waals surface area (Å²) in [5.41, 5.74) is 2.72. The maximum atomic E-state index is 12.1. The van der Waals surface area contributed by atoms with Gasteiger partial charge in [0.15, 0.2) is 0 Å². The van der Waals surface area contributed by atoms with E-state index in [1.54, 1.807) is 28.9 Å². The molecule has 0 aliphatic rings. The molecular weight excluding hydrogens is 322 g/mol. The lowest BCUT2D eigenvalue weighted by Crippen LogP contribution is -2.25. The second-order valence-corrected chi connectivity index (χ2v) is 7.42. The van der Waals surface area contributed by atoms with Crippen LogP contribution in [0.15, 0.2) is 29.2 Å². The van der Waals surface area contributed by atoms with Gasteiger partial charge < -0.3 is 0 Å². The lowest BCUT2D eigenvalue weighted by molar-refractivity contribution is 0.544. The first-order valence-corrected chi connectivity index (χ1v) is 8.93. The third-order valence-corrected chi connectivity index (χ3v) is 5.49. The molecule has 7 heteroatoms. The molecule has 0 unspecified atom stereocenters. The van der Waals surface area contributed by atoms with Crippen LogP contribution in [0.2, 0.25) is 5.02 Å². The first-order valence-electron chi connectivity index (χ1n) is 7.07. The van der Waals surface area contributed by atoms with Crippen LogP contribution in [0.5, 0.6) is 0 Å². The van der Waals surface area contributed by atoms with Gasteiger partial charge in [-0.2, -0.15) is 5.10 Å². The van der Waals surface area contributed by atoms with Crippen molar-refractivity contribution in [2.45, 2.75) is 38.6 Å². The molecule has 0 aliphatic heterocycles. The Morgan fingerprint density at radius 2 is 1.82 bits per heavy atom. The Morgan fingerprint density at radius 3 is 2.36 bits per heavy atom. The summed E-state index contributed by atoms with van der Waals surface area (Å²) in [6.45, 7) is 6.65. The fraction of sp³-hybridized carbons (Fsp3) is 0.400. The lowest BCUT2D eigenvalue weighted by atomic mass is 10.2. The number of nitrogens with zero attached hydrogens (tertiary/aromatic N) is 2.